The van der Waals surface area contributed by atoms with Crippen molar-refractivity contribution in [3.63, 3.8) is 0 Å². The molecule has 76 valence electrons. The third kappa shape index (κ3) is 2.78. The summed E-state index contributed by atoms with van der Waals surface area (Å²) in [7, 11) is 3.15. The standard InChI is InChI=1S/C9H11BrN2O2/c1-12(9(13)6-14-2)8-5-3-4-7(10)11-8/h3-5H,6H2,1-2H3. The molecule has 0 radical (unpaired) electrons. The Balaban J connectivity index is 2.78. The van der Waals surface area contributed by atoms with Gasteiger partial charge in [-0.25, -0.2) is 4.98 Å². The van der Waals surface area contributed by atoms with Crippen LogP contribution in [0.2, 0.25) is 0 Å². The number of methoxy groups -OCH3 is 1. The fourth-order valence-electron chi connectivity index (χ4n) is 0.932. The molecule has 0 saturated carbocycles. The third-order valence-corrected chi connectivity index (χ3v) is 2.13. The molecule has 0 aliphatic carbocycles. The Bertz CT molecular complexity index is 330. The highest BCUT2D eigenvalue weighted by Crippen LogP contribution is 2.13. The Labute approximate surface area is 91.0 Å². The van der Waals surface area contributed by atoms with Gasteiger partial charge in [0, 0.05) is 14.2 Å². The molecule has 0 saturated heterocycles. The normalized spacial score (nSPS) is 9.93. The number of carbonyl (C=O) groups excluding carboxylic acids is 1. The number of carbonyl (C=O) groups is 1. The van der Waals surface area contributed by atoms with Gasteiger partial charge in [-0.2, -0.15) is 0 Å². The summed E-state index contributed by atoms with van der Waals surface area (Å²) in [5.74, 6) is 0.472. The van der Waals surface area contributed by atoms with Crippen molar-refractivity contribution in [3.05, 3.63) is 22.8 Å². The fourth-order valence-corrected chi connectivity index (χ4v) is 1.27. The summed E-state index contributed by atoms with van der Waals surface area (Å²) >= 11 is 3.24. The molecule has 14 heavy (non-hydrogen) atoms. The Morgan fingerprint density at radius 1 is 1.64 bits per heavy atom. The molecule has 0 aliphatic rings. The van der Waals surface area contributed by atoms with Gasteiger partial charge in [0.15, 0.2) is 0 Å². The van der Waals surface area contributed by atoms with Crippen LogP contribution >= 0.6 is 15.9 Å². The van der Waals surface area contributed by atoms with E-state index >= 15 is 0 Å². The monoisotopic (exact) mass is 258 g/mol. The average molecular weight is 259 g/mol. The molecule has 0 unspecified atom stereocenters. The molecule has 1 rings (SSSR count). The minimum atomic E-state index is -0.127. The number of aromatic nitrogens is 1. The Hall–Kier alpha value is -0.940. The molecule has 0 aromatic carbocycles. The minimum Gasteiger partial charge on any atom is -0.375 e. The van der Waals surface area contributed by atoms with E-state index < -0.39 is 0 Å². The van der Waals surface area contributed by atoms with Crippen LogP contribution in [0.5, 0.6) is 0 Å². The summed E-state index contributed by atoms with van der Waals surface area (Å²) < 4.78 is 5.45. The number of rotatable bonds is 3. The van der Waals surface area contributed by atoms with Crippen molar-refractivity contribution in [1.29, 1.82) is 0 Å². The predicted octanol–water partition coefficient (Wildman–Crippen LogP) is 1.45. The molecule has 0 spiro atoms. The number of hydrogen-bond donors (Lipinski definition) is 0. The van der Waals surface area contributed by atoms with Gasteiger partial charge in [0.25, 0.3) is 5.91 Å². The minimum absolute atomic E-state index is 0.0602. The lowest BCUT2D eigenvalue weighted by atomic mass is 10.4. The van der Waals surface area contributed by atoms with Gasteiger partial charge in [0.1, 0.15) is 17.0 Å². The molecule has 1 heterocycles. The number of ether oxygens (including phenoxy) is 1. The van der Waals surface area contributed by atoms with Gasteiger partial charge in [0.2, 0.25) is 0 Å². The molecular formula is C9H11BrN2O2. The molecule has 5 heteroatoms. The second-order valence-electron chi connectivity index (χ2n) is 2.70. The van der Waals surface area contributed by atoms with Crippen LogP contribution in [0.1, 0.15) is 0 Å². The van der Waals surface area contributed by atoms with Crippen molar-refractivity contribution >= 4 is 27.7 Å². The first kappa shape index (κ1) is 11.1. The molecule has 0 aliphatic heterocycles. The van der Waals surface area contributed by atoms with Gasteiger partial charge in [-0.1, -0.05) is 6.07 Å². The van der Waals surface area contributed by atoms with E-state index in [4.69, 9.17) is 4.74 Å². The second-order valence-corrected chi connectivity index (χ2v) is 3.52. The zero-order chi connectivity index (χ0) is 10.6. The van der Waals surface area contributed by atoms with E-state index in [-0.39, 0.29) is 12.5 Å². The van der Waals surface area contributed by atoms with Gasteiger partial charge >= 0.3 is 0 Å². The maximum Gasteiger partial charge on any atom is 0.253 e. The van der Waals surface area contributed by atoms with Crippen molar-refractivity contribution in [2.24, 2.45) is 0 Å². The maximum atomic E-state index is 11.4. The van der Waals surface area contributed by atoms with E-state index in [9.17, 15) is 4.79 Å². The highest BCUT2D eigenvalue weighted by Gasteiger charge is 2.11. The number of pyridine rings is 1. The first-order chi connectivity index (χ1) is 6.65. The Morgan fingerprint density at radius 2 is 2.36 bits per heavy atom. The summed E-state index contributed by atoms with van der Waals surface area (Å²) in [5.41, 5.74) is 0. The zero-order valence-electron chi connectivity index (χ0n) is 8.03. The number of amides is 1. The highest BCUT2D eigenvalue weighted by atomic mass is 79.9. The second kappa shape index (κ2) is 5.07. The number of halogens is 1. The smallest absolute Gasteiger partial charge is 0.253 e. The van der Waals surface area contributed by atoms with E-state index in [0.29, 0.717) is 10.4 Å². The molecule has 0 fully saturated rings. The van der Waals surface area contributed by atoms with E-state index in [1.807, 2.05) is 6.07 Å². The summed E-state index contributed by atoms with van der Waals surface area (Å²) in [4.78, 5) is 17.0. The quantitative estimate of drug-likeness (QED) is 0.771. The van der Waals surface area contributed by atoms with Crippen LogP contribution in [0.15, 0.2) is 22.8 Å². The van der Waals surface area contributed by atoms with Crippen molar-refractivity contribution in [2.45, 2.75) is 0 Å². The van der Waals surface area contributed by atoms with Crippen molar-refractivity contribution in [3.8, 4) is 0 Å². The van der Waals surface area contributed by atoms with Crippen molar-refractivity contribution in [1.82, 2.24) is 4.98 Å². The van der Waals surface area contributed by atoms with Crippen LogP contribution in [0.25, 0.3) is 0 Å². The van der Waals surface area contributed by atoms with Gasteiger partial charge in [-0.05, 0) is 28.1 Å². The summed E-state index contributed by atoms with van der Waals surface area (Å²) in [6, 6.07) is 5.39. The summed E-state index contributed by atoms with van der Waals surface area (Å²) in [6.07, 6.45) is 0. The van der Waals surface area contributed by atoms with Crippen LogP contribution in [0.4, 0.5) is 5.82 Å². The van der Waals surface area contributed by atoms with Crippen LogP contribution in [0.3, 0.4) is 0 Å². The summed E-state index contributed by atoms with van der Waals surface area (Å²) in [6.45, 7) is 0.0602. The number of nitrogens with zero attached hydrogens (tertiary/aromatic N) is 2. The maximum absolute atomic E-state index is 11.4. The Morgan fingerprint density at radius 3 is 2.93 bits per heavy atom. The average Bonchev–Trinajstić information content (AvgIpc) is 2.17. The topological polar surface area (TPSA) is 42.4 Å². The first-order valence-electron chi connectivity index (χ1n) is 4.03. The molecule has 1 aromatic rings. The Kier molecular flexibility index (Phi) is 4.03. The van der Waals surface area contributed by atoms with E-state index in [1.165, 1.54) is 12.0 Å². The third-order valence-electron chi connectivity index (χ3n) is 1.69. The largest absolute Gasteiger partial charge is 0.375 e. The first-order valence-corrected chi connectivity index (χ1v) is 4.82. The van der Waals surface area contributed by atoms with Gasteiger partial charge in [-0.15, -0.1) is 0 Å². The van der Waals surface area contributed by atoms with E-state index in [2.05, 4.69) is 20.9 Å². The van der Waals surface area contributed by atoms with Crippen LogP contribution in [0, 0.1) is 0 Å². The van der Waals surface area contributed by atoms with E-state index in [1.54, 1.807) is 19.2 Å². The van der Waals surface area contributed by atoms with Crippen molar-refractivity contribution < 1.29 is 9.53 Å². The van der Waals surface area contributed by atoms with Crippen LogP contribution in [-0.2, 0) is 9.53 Å². The zero-order valence-corrected chi connectivity index (χ0v) is 9.61. The lowest BCUT2D eigenvalue weighted by Crippen LogP contribution is -2.30. The van der Waals surface area contributed by atoms with Gasteiger partial charge < -0.3 is 4.74 Å². The highest BCUT2D eigenvalue weighted by molar-refractivity contribution is 9.10. The van der Waals surface area contributed by atoms with Crippen LogP contribution < -0.4 is 4.90 Å². The molecule has 1 aromatic heterocycles. The SMILES string of the molecule is COCC(=O)N(C)c1cccc(Br)n1. The molecular weight excluding hydrogens is 248 g/mol. The number of likely N-dealkylation sites (N-methyl/N-ethyl adjacent to an activating group) is 1. The predicted molar refractivity (Wildman–Crippen MR) is 57.2 cm³/mol. The molecule has 0 N–H and O–H groups in total. The van der Waals surface area contributed by atoms with Gasteiger partial charge in [0.05, 0.1) is 0 Å². The lowest BCUT2D eigenvalue weighted by molar-refractivity contribution is -0.121. The van der Waals surface area contributed by atoms with E-state index in [0.717, 1.165) is 0 Å². The summed E-state index contributed by atoms with van der Waals surface area (Å²) in [5, 5.41) is 0. The van der Waals surface area contributed by atoms with Crippen molar-refractivity contribution in [2.75, 3.05) is 25.7 Å². The lowest BCUT2D eigenvalue weighted by Gasteiger charge is -2.15. The van der Waals surface area contributed by atoms with Crippen LogP contribution in [-0.4, -0.2) is 31.7 Å². The number of anilines is 1. The molecule has 4 nitrogen and oxygen atoms in total. The van der Waals surface area contributed by atoms with Gasteiger partial charge in [-0.3, -0.25) is 9.69 Å². The number of hydrogen-bond acceptors (Lipinski definition) is 3. The molecule has 1 amide bonds. The molecule has 0 bridgehead atoms. The fraction of sp³-hybridized carbons (Fsp3) is 0.333. The molecule has 0 atom stereocenters.